The first kappa shape index (κ1) is 14.3. The fourth-order valence-electron chi connectivity index (χ4n) is 2.31. The zero-order valence-electron chi connectivity index (χ0n) is 11.1. The van der Waals surface area contributed by atoms with E-state index >= 15 is 0 Å². The third kappa shape index (κ3) is 4.91. The van der Waals surface area contributed by atoms with Crippen LogP contribution in [0.4, 0.5) is 0 Å². The van der Waals surface area contributed by atoms with Crippen LogP contribution in [0.5, 0.6) is 0 Å². The van der Waals surface area contributed by atoms with Crippen LogP contribution in [0.25, 0.3) is 0 Å². The fourth-order valence-corrected chi connectivity index (χ4v) is 2.31. The highest BCUT2D eigenvalue weighted by atomic mass is 16.5. The van der Waals surface area contributed by atoms with Crippen molar-refractivity contribution in [3.63, 3.8) is 0 Å². The van der Waals surface area contributed by atoms with Gasteiger partial charge < -0.3 is 15.7 Å². The number of nitrogens with zero attached hydrogens (tertiary/aromatic N) is 2. The summed E-state index contributed by atoms with van der Waals surface area (Å²) in [5, 5.41) is 11.6. The molecular formula is C12H25N3O2. The monoisotopic (exact) mass is 243 g/mol. The highest BCUT2D eigenvalue weighted by molar-refractivity contribution is 5.81. The van der Waals surface area contributed by atoms with E-state index in [0.29, 0.717) is 6.54 Å². The minimum absolute atomic E-state index is 0.000830. The predicted molar refractivity (Wildman–Crippen MR) is 68.3 cm³/mol. The molecule has 0 spiro atoms. The van der Waals surface area contributed by atoms with Crippen molar-refractivity contribution in [1.82, 2.24) is 4.90 Å². The highest BCUT2D eigenvalue weighted by Gasteiger charge is 2.32. The molecule has 100 valence electrons. The Kier molecular flexibility index (Phi) is 5.21. The smallest absolute Gasteiger partial charge is 0.153 e. The second kappa shape index (κ2) is 6.21. The summed E-state index contributed by atoms with van der Waals surface area (Å²) in [6.07, 6.45) is 3.50. The van der Waals surface area contributed by atoms with Crippen LogP contribution in [-0.4, -0.2) is 47.3 Å². The second-order valence-corrected chi connectivity index (χ2v) is 5.36. The Morgan fingerprint density at radius 1 is 1.59 bits per heavy atom. The number of ether oxygens (including phenoxy) is 1. The quantitative estimate of drug-likeness (QED) is 0.320. The van der Waals surface area contributed by atoms with Gasteiger partial charge in [0.2, 0.25) is 0 Å². The van der Waals surface area contributed by atoms with Gasteiger partial charge in [-0.05, 0) is 39.7 Å². The van der Waals surface area contributed by atoms with E-state index in [1.807, 2.05) is 0 Å². The van der Waals surface area contributed by atoms with Crippen LogP contribution in [0, 0.1) is 0 Å². The summed E-state index contributed by atoms with van der Waals surface area (Å²) in [4.78, 5) is 2.18. The van der Waals surface area contributed by atoms with Gasteiger partial charge in [0.25, 0.3) is 0 Å². The van der Waals surface area contributed by atoms with Crippen LogP contribution in [0.3, 0.4) is 0 Å². The molecule has 3 N–H and O–H groups in total. The van der Waals surface area contributed by atoms with Gasteiger partial charge in [0.15, 0.2) is 5.84 Å². The third-order valence-electron chi connectivity index (χ3n) is 3.07. The zero-order chi connectivity index (χ0) is 12.9. The van der Waals surface area contributed by atoms with Crippen molar-refractivity contribution in [2.45, 2.75) is 51.7 Å². The number of amidine groups is 1. The van der Waals surface area contributed by atoms with Gasteiger partial charge in [-0.1, -0.05) is 12.1 Å². The van der Waals surface area contributed by atoms with Gasteiger partial charge in [-0.15, -0.1) is 0 Å². The molecule has 1 unspecified atom stereocenters. The van der Waals surface area contributed by atoms with Crippen molar-refractivity contribution in [1.29, 1.82) is 0 Å². The normalized spacial score (nSPS) is 24.5. The topological polar surface area (TPSA) is 71.1 Å². The van der Waals surface area contributed by atoms with Gasteiger partial charge in [-0.25, -0.2) is 0 Å². The van der Waals surface area contributed by atoms with Gasteiger partial charge in [-0.3, -0.25) is 4.90 Å². The summed E-state index contributed by atoms with van der Waals surface area (Å²) < 4.78 is 5.96. The zero-order valence-corrected chi connectivity index (χ0v) is 11.1. The maximum atomic E-state index is 8.60. The van der Waals surface area contributed by atoms with Crippen LogP contribution in [0.2, 0.25) is 0 Å². The summed E-state index contributed by atoms with van der Waals surface area (Å²) in [7, 11) is 0. The lowest BCUT2D eigenvalue weighted by Crippen LogP contribution is -2.39. The number of nitrogens with two attached hydrogens (primary N) is 1. The van der Waals surface area contributed by atoms with E-state index in [1.165, 1.54) is 0 Å². The molecule has 0 radical (unpaired) electrons. The lowest BCUT2D eigenvalue weighted by Gasteiger charge is -2.26. The number of hydrogen-bond donors (Lipinski definition) is 2. The summed E-state index contributed by atoms with van der Waals surface area (Å²) >= 11 is 0. The third-order valence-corrected chi connectivity index (χ3v) is 3.07. The molecule has 0 bridgehead atoms. The first-order valence-electron chi connectivity index (χ1n) is 6.33. The van der Waals surface area contributed by atoms with Crippen molar-refractivity contribution in [2.24, 2.45) is 10.9 Å². The molecule has 0 aliphatic carbocycles. The Morgan fingerprint density at radius 3 is 2.76 bits per heavy atom. The van der Waals surface area contributed by atoms with E-state index < -0.39 is 0 Å². The Labute approximate surface area is 104 Å². The van der Waals surface area contributed by atoms with E-state index in [9.17, 15) is 0 Å². The molecule has 1 aliphatic heterocycles. The molecule has 1 saturated heterocycles. The van der Waals surface area contributed by atoms with Gasteiger partial charge in [0.1, 0.15) is 0 Å². The van der Waals surface area contributed by atoms with E-state index in [4.69, 9.17) is 15.7 Å². The molecule has 0 amide bonds. The average molecular weight is 243 g/mol. The van der Waals surface area contributed by atoms with Crippen molar-refractivity contribution in [3.05, 3.63) is 0 Å². The van der Waals surface area contributed by atoms with Crippen LogP contribution in [0.15, 0.2) is 5.16 Å². The van der Waals surface area contributed by atoms with E-state index in [-0.39, 0.29) is 17.5 Å². The summed E-state index contributed by atoms with van der Waals surface area (Å²) in [6, 6.07) is 0. The molecule has 0 saturated carbocycles. The summed E-state index contributed by atoms with van der Waals surface area (Å²) in [5.41, 5.74) is 5.55. The maximum absolute atomic E-state index is 8.60. The van der Waals surface area contributed by atoms with E-state index in [2.05, 4.69) is 30.8 Å². The lowest BCUT2D eigenvalue weighted by molar-refractivity contribution is -0.0271. The predicted octanol–water partition coefficient (Wildman–Crippen LogP) is 1.40. The van der Waals surface area contributed by atoms with Gasteiger partial charge in [-0.2, -0.15) is 0 Å². The van der Waals surface area contributed by atoms with Crippen molar-refractivity contribution in [3.8, 4) is 0 Å². The average Bonchev–Trinajstić information content (AvgIpc) is 2.58. The SMILES string of the molecule is CCCN(CC(N)=NO)CC1CCC(C)(C)O1. The fraction of sp³-hybridized carbons (Fsp3) is 0.917. The van der Waals surface area contributed by atoms with Gasteiger partial charge in [0, 0.05) is 6.54 Å². The van der Waals surface area contributed by atoms with Crippen LogP contribution in [-0.2, 0) is 4.74 Å². The Morgan fingerprint density at radius 2 is 2.29 bits per heavy atom. The number of hydrogen-bond acceptors (Lipinski definition) is 4. The Bertz CT molecular complexity index is 266. The lowest BCUT2D eigenvalue weighted by atomic mass is 10.1. The van der Waals surface area contributed by atoms with Crippen LogP contribution >= 0.6 is 0 Å². The largest absolute Gasteiger partial charge is 0.409 e. The van der Waals surface area contributed by atoms with E-state index in [0.717, 1.165) is 32.4 Å². The van der Waals surface area contributed by atoms with Crippen LogP contribution in [0.1, 0.15) is 40.0 Å². The molecule has 0 aromatic carbocycles. The molecule has 0 aromatic heterocycles. The molecule has 1 atom stereocenters. The minimum Gasteiger partial charge on any atom is -0.409 e. The molecule has 1 heterocycles. The van der Waals surface area contributed by atoms with Crippen LogP contribution < -0.4 is 5.73 Å². The van der Waals surface area contributed by atoms with Crippen molar-refractivity contribution in [2.75, 3.05) is 19.6 Å². The molecule has 5 nitrogen and oxygen atoms in total. The minimum atomic E-state index is -0.000830. The molecule has 1 rings (SSSR count). The highest BCUT2D eigenvalue weighted by Crippen LogP contribution is 2.29. The molecule has 5 heteroatoms. The van der Waals surface area contributed by atoms with Gasteiger partial charge in [0.05, 0.1) is 18.2 Å². The summed E-state index contributed by atoms with van der Waals surface area (Å²) in [5.74, 6) is 0.260. The van der Waals surface area contributed by atoms with Crippen molar-refractivity contribution >= 4 is 5.84 Å². The summed E-state index contributed by atoms with van der Waals surface area (Å²) in [6.45, 7) is 8.68. The molecule has 17 heavy (non-hydrogen) atoms. The standard InChI is InChI=1S/C12H25N3O2/c1-4-7-15(9-11(13)14-16)8-10-5-6-12(2,3)17-10/h10,16H,4-9H2,1-3H3,(H2,13,14). The molecule has 1 fully saturated rings. The van der Waals surface area contributed by atoms with Gasteiger partial charge >= 0.3 is 0 Å². The molecule has 1 aliphatic rings. The maximum Gasteiger partial charge on any atom is 0.153 e. The number of rotatable bonds is 6. The van der Waals surface area contributed by atoms with Crippen molar-refractivity contribution < 1.29 is 9.94 Å². The van der Waals surface area contributed by atoms with E-state index in [1.54, 1.807) is 0 Å². The number of oxime groups is 1. The first-order valence-corrected chi connectivity index (χ1v) is 6.33. The molecular weight excluding hydrogens is 218 g/mol. The Balaban J connectivity index is 2.44. The second-order valence-electron chi connectivity index (χ2n) is 5.36. The Hall–Kier alpha value is -0.810. The first-order chi connectivity index (χ1) is 7.96. The molecule has 0 aromatic rings.